The first-order chi connectivity index (χ1) is 15.6. The van der Waals surface area contributed by atoms with Crippen molar-refractivity contribution in [2.45, 2.75) is 17.4 Å². The van der Waals surface area contributed by atoms with Gasteiger partial charge in [0.05, 0.1) is 15.7 Å². The molecule has 0 saturated heterocycles. The van der Waals surface area contributed by atoms with Gasteiger partial charge in [-0.3, -0.25) is 14.9 Å². The number of hydrogen-bond acceptors (Lipinski definition) is 10. The number of aromatic hydroxyl groups is 1. The molecule has 0 bridgehead atoms. The summed E-state index contributed by atoms with van der Waals surface area (Å²) in [5.74, 6) is -3.82. The van der Waals surface area contributed by atoms with Gasteiger partial charge in [-0.15, -0.1) is 0 Å². The van der Waals surface area contributed by atoms with Crippen LogP contribution < -0.4 is 15.9 Å². The average Bonchev–Trinajstić information content (AvgIpc) is 2.79. The van der Waals surface area contributed by atoms with E-state index in [1.165, 1.54) is 24.3 Å². The summed E-state index contributed by atoms with van der Waals surface area (Å²) < 4.78 is 38.0. The van der Waals surface area contributed by atoms with E-state index < -0.39 is 60.7 Å². The standard InChI is InChI=1S/C21H16N2O9S/c22-21-20(33(29,30)13-4-2-1-3-5-13)17(14-8-11(23(27)28)6-7-15(14)25)19-18(32-21)16(26)9-12(10-24)31-19/h1-9,17,24-25H,10,22H2. The minimum Gasteiger partial charge on any atom is -0.508 e. The summed E-state index contributed by atoms with van der Waals surface area (Å²) in [5, 5.41) is 31.4. The van der Waals surface area contributed by atoms with Crippen molar-refractivity contribution in [2.24, 2.45) is 5.73 Å². The Bertz CT molecular complexity index is 1460. The Morgan fingerprint density at radius 2 is 1.82 bits per heavy atom. The normalized spacial score (nSPS) is 15.6. The van der Waals surface area contributed by atoms with Crippen LogP contribution in [-0.2, 0) is 16.4 Å². The van der Waals surface area contributed by atoms with Crippen LogP contribution in [0.1, 0.15) is 23.0 Å². The molecule has 0 spiro atoms. The number of fused-ring (bicyclic) bond motifs is 1. The molecule has 33 heavy (non-hydrogen) atoms. The van der Waals surface area contributed by atoms with Gasteiger partial charge in [-0.2, -0.15) is 0 Å². The molecule has 3 aromatic rings. The Balaban J connectivity index is 2.09. The number of allylic oxidation sites excluding steroid dienone is 1. The fraction of sp³-hybridized carbons (Fsp3) is 0.0952. The van der Waals surface area contributed by atoms with E-state index in [1.807, 2.05) is 0 Å². The minimum absolute atomic E-state index is 0.175. The number of nitrogens with zero attached hydrogens (tertiary/aromatic N) is 1. The van der Waals surface area contributed by atoms with Gasteiger partial charge in [-0.05, 0) is 18.2 Å². The van der Waals surface area contributed by atoms with Gasteiger partial charge in [0.15, 0.2) is 5.76 Å². The molecule has 12 heteroatoms. The number of aliphatic hydroxyl groups is 1. The molecule has 0 fully saturated rings. The first-order valence-corrected chi connectivity index (χ1v) is 10.9. The van der Waals surface area contributed by atoms with Crippen molar-refractivity contribution in [3.05, 3.63) is 103 Å². The van der Waals surface area contributed by atoms with E-state index in [9.17, 15) is 33.5 Å². The molecule has 4 rings (SSSR count). The number of benzene rings is 2. The maximum Gasteiger partial charge on any atom is 0.270 e. The molecule has 170 valence electrons. The van der Waals surface area contributed by atoms with Crippen LogP contribution in [0.4, 0.5) is 5.69 Å². The lowest BCUT2D eigenvalue weighted by Crippen LogP contribution is -2.29. The third-order valence-corrected chi connectivity index (χ3v) is 6.90. The number of phenolic OH excluding ortho intramolecular Hbond substituents is 1. The molecule has 1 aliphatic rings. The first-order valence-electron chi connectivity index (χ1n) is 9.38. The maximum absolute atomic E-state index is 13.6. The second kappa shape index (κ2) is 8.07. The zero-order valence-electron chi connectivity index (χ0n) is 16.7. The number of hydrogen-bond donors (Lipinski definition) is 3. The van der Waals surface area contributed by atoms with Crippen LogP contribution in [0.5, 0.6) is 11.5 Å². The number of ether oxygens (including phenoxy) is 1. The number of nitro groups is 1. The predicted molar refractivity (Wildman–Crippen MR) is 113 cm³/mol. The van der Waals surface area contributed by atoms with Gasteiger partial charge in [-0.25, -0.2) is 8.42 Å². The lowest BCUT2D eigenvalue weighted by molar-refractivity contribution is -0.384. The molecule has 0 aliphatic carbocycles. The number of nitrogens with two attached hydrogens (primary N) is 1. The number of sulfone groups is 1. The monoisotopic (exact) mass is 472 g/mol. The minimum atomic E-state index is -4.41. The molecule has 11 nitrogen and oxygen atoms in total. The molecule has 1 aliphatic heterocycles. The Kier molecular flexibility index (Phi) is 5.39. The van der Waals surface area contributed by atoms with Crippen molar-refractivity contribution in [2.75, 3.05) is 0 Å². The van der Waals surface area contributed by atoms with E-state index in [0.29, 0.717) is 0 Å². The second-order valence-corrected chi connectivity index (χ2v) is 8.93. The maximum atomic E-state index is 13.6. The lowest BCUT2D eigenvalue weighted by atomic mass is 9.92. The van der Waals surface area contributed by atoms with E-state index in [-0.39, 0.29) is 22.0 Å². The first kappa shape index (κ1) is 22.0. The highest BCUT2D eigenvalue weighted by atomic mass is 32.2. The summed E-state index contributed by atoms with van der Waals surface area (Å²) in [7, 11) is -4.41. The Morgan fingerprint density at radius 1 is 1.12 bits per heavy atom. The van der Waals surface area contributed by atoms with Crippen molar-refractivity contribution in [1.29, 1.82) is 0 Å². The molecule has 4 N–H and O–H groups in total. The van der Waals surface area contributed by atoms with Crippen molar-refractivity contribution >= 4 is 15.5 Å². The molecule has 0 radical (unpaired) electrons. The smallest absolute Gasteiger partial charge is 0.270 e. The molecule has 2 heterocycles. The molecule has 1 aromatic heterocycles. The highest BCUT2D eigenvalue weighted by molar-refractivity contribution is 7.95. The molecule has 1 atom stereocenters. The van der Waals surface area contributed by atoms with Crippen LogP contribution in [0.2, 0.25) is 0 Å². The summed E-state index contributed by atoms with van der Waals surface area (Å²) in [6, 6.07) is 11.1. The fourth-order valence-corrected chi connectivity index (χ4v) is 5.14. The van der Waals surface area contributed by atoms with Crippen molar-refractivity contribution < 1.29 is 32.7 Å². The number of phenols is 1. The number of nitro benzene ring substituents is 1. The average molecular weight is 472 g/mol. The lowest BCUT2D eigenvalue weighted by Gasteiger charge is -2.28. The van der Waals surface area contributed by atoms with Gasteiger partial charge in [0, 0.05) is 23.8 Å². The van der Waals surface area contributed by atoms with E-state index in [0.717, 1.165) is 24.3 Å². The van der Waals surface area contributed by atoms with Gasteiger partial charge >= 0.3 is 0 Å². The quantitative estimate of drug-likeness (QED) is 0.366. The molecule has 1 unspecified atom stereocenters. The summed E-state index contributed by atoms with van der Waals surface area (Å²) >= 11 is 0. The summed E-state index contributed by atoms with van der Waals surface area (Å²) in [4.78, 5) is 22.4. The SMILES string of the molecule is NC1=C(S(=O)(=O)c2ccccc2)C(c2cc([N+](=O)[O-])ccc2O)c2oc(CO)cc(=O)c2O1. The molecular weight excluding hydrogens is 456 g/mol. The van der Waals surface area contributed by atoms with E-state index in [2.05, 4.69) is 0 Å². The van der Waals surface area contributed by atoms with Gasteiger partial charge < -0.3 is 25.1 Å². The fourth-order valence-electron chi connectivity index (χ4n) is 3.52. The number of aliphatic hydroxyl groups excluding tert-OH is 1. The number of non-ortho nitro benzene ring substituents is 1. The van der Waals surface area contributed by atoms with Crippen LogP contribution in [0.15, 0.2) is 79.5 Å². The van der Waals surface area contributed by atoms with E-state index in [1.54, 1.807) is 6.07 Å². The van der Waals surface area contributed by atoms with Crippen LogP contribution in [-0.4, -0.2) is 23.6 Å². The van der Waals surface area contributed by atoms with Crippen molar-refractivity contribution in [3.63, 3.8) is 0 Å². The Morgan fingerprint density at radius 3 is 2.45 bits per heavy atom. The van der Waals surface area contributed by atoms with Crippen molar-refractivity contribution in [3.8, 4) is 11.5 Å². The molecule has 2 aromatic carbocycles. The molecule has 0 saturated carbocycles. The predicted octanol–water partition coefficient (Wildman–Crippen LogP) is 1.87. The second-order valence-electron chi connectivity index (χ2n) is 7.01. The zero-order chi connectivity index (χ0) is 23.9. The molecular formula is C21H16N2O9S. The Hall–Kier alpha value is -4.16. The topological polar surface area (TPSA) is 183 Å². The van der Waals surface area contributed by atoms with Crippen LogP contribution >= 0.6 is 0 Å². The third-order valence-electron chi connectivity index (χ3n) is 4.99. The highest BCUT2D eigenvalue weighted by Gasteiger charge is 2.43. The van der Waals surface area contributed by atoms with Crippen LogP contribution in [0.25, 0.3) is 0 Å². The third kappa shape index (κ3) is 3.70. The van der Waals surface area contributed by atoms with Crippen LogP contribution in [0.3, 0.4) is 0 Å². The van der Waals surface area contributed by atoms with Crippen molar-refractivity contribution in [1.82, 2.24) is 0 Å². The van der Waals surface area contributed by atoms with Gasteiger partial charge in [0.25, 0.3) is 5.69 Å². The van der Waals surface area contributed by atoms with Gasteiger partial charge in [0.2, 0.25) is 26.9 Å². The van der Waals surface area contributed by atoms with Gasteiger partial charge in [-0.1, -0.05) is 18.2 Å². The molecule has 0 amide bonds. The van der Waals surface area contributed by atoms with Crippen LogP contribution in [0, 0.1) is 10.1 Å². The Labute approximate surface area is 186 Å². The zero-order valence-corrected chi connectivity index (χ0v) is 17.5. The largest absolute Gasteiger partial charge is 0.508 e. The highest BCUT2D eigenvalue weighted by Crippen LogP contribution is 2.48. The summed E-state index contributed by atoms with van der Waals surface area (Å²) in [6.07, 6.45) is 0. The van der Waals surface area contributed by atoms with E-state index in [4.69, 9.17) is 14.9 Å². The summed E-state index contributed by atoms with van der Waals surface area (Å²) in [5.41, 5.74) is 4.48. The summed E-state index contributed by atoms with van der Waals surface area (Å²) in [6.45, 7) is -0.698. The van der Waals surface area contributed by atoms with Gasteiger partial charge in [0.1, 0.15) is 23.0 Å². The number of rotatable bonds is 5. The van der Waals surface area contributed by atoms with E-state index >= 15 is 0 Å².